The molecule has 6 rings (SSSR count). The normalized spacial score (nSPS) is 21.5. The quantitative estimate of drug-likeness (QED) is 0.390. The number of hydrogen-bond donors (Lipinski definition) is 2. The zero-order chi connectivity index (χ0) is 31.5. The summed E-state index contributed by atoms with van der Waals surface area (Å²) in [5.41, 5.74) is 4.18. The number of likely N-dealkylation sites (tertiary alicyclic amines) is 1. The third-order valence-electron chi connectivity index (χ3n) is 8.70. The number of aliphatic hydroxyl groups excluding tert-OH is 1. The smallest absolute Gasteiger partial charge is 0.251 e. The third kappa shape index (κ3) is 6.86. The summed E-state index contributed by atoms with van der Waals surface area (Å²) in [5, 5.41) is 22.7. The van der Waals surface area contributed by atoms with Gasteiger partial charge in [0.15, 0.2) is 12.0 Å². The number of nitrogens with one attached hydrogen (secondary N) is 1. The van der Waals surface area contributed by atoms with Crippen molar-refractivity contribution in [1.82, 2.24) is 19.8 Å². The molecule has 3 fully saturated rings. The number of piperazine rings is 1. The van der Waals surface area contributed by atoms with Crippen LogP contribution in [0.2, 0.25) is 0 Å². The van der Waals surface area contributed by atoms with Gasteiger partial charge in [-0.25, -0.2) is 14.4 Å². The molecule has 236 valence electrons. The monoisotopic (exact) mass is 615 g/mol. The van der Waals surface area contributed by atoms with E-state index in [0.29, 0.717) is 23.2 Å². The highest BCUT2D eigenvalue weighted by Gasteiger charge is 2.34. The lowest BCUT2D eigenvalue weighted by molar-refractivity contribution is -0.143. The molecule has 0 spiro atoms. The summed E-state index contributed by atoms with van der Waals surface area (Å²) in [7, 11) is 0. The molecule has 0 unspecified atom stereocenters. The van der Waals surface area contributed by atoms with E-state index in [9.17, 15) is 19.6 Å². The van der Waals surface area contributed by atoms with Crippen LogP contribution in [0.1, 0.15) is 24.5 Å². The number of anilines is 3. The molecule has 45 heavy (non-hydrogen) atoms. The summed E-state index contributed by atoms with van der Waals surface area (Å²) in [6.45, 7) is 9.34. The van der Waals surface area contributed by atoms with Crippen molar-refractivity contribution in [2.24, 2.45) is 0 Å². The number of carbonyl (C=O) groups is 1. The van der Waals surface area contributed by atoms with Crippen molar-refractivity contribution in [2.45, 2.75) is 44.7 Å². The van der Waals surface area contributed by atoms with Crippen LogP contribution in [0.15, 0.2) is 48.7 Å². The number of ether oxygens (including phenoxy) is 2. The molecular formula is C33H38FN7O4. The number of nitriles is 1. The van der Waals surface area contributed by atoms with Gasteiger partial charge >= 0.3 is 0 Å². The van der Waals surface area contributed by atoms with E-state index in [1.807, 2.05) is 0 Å². The van der Waals surface area contributed by atoms with Gasteiger partial charge in [0.05, 0.1) is 31.4 Å². The van der Waals surface area contributed by atoms with Gasteiger partial charge in [0.1, 0.15) is 29.8 Å². The molecule has 0 radical (unpaired) electrons. The molecule has 0 bridgehead atoms. The van der Waals surface area contributed by atoms with Crippen molar-refractivity contribution < 1.29 is 23.8 Å². The van der Waals surface area contributed by atoms with Crippen LogP contribution in [0.4, 0.5) is 21.6 Å². The summed E-state index contributed by atoms with van der Waals surface area (Å²) in [6, 6.07) is 15.8. The average Bonchev–Trinajstić information content (AvgIpc) is 3.01. The first-order chi connectivity index (χ1) is 21.8. The van der Waals surface area contributed by atoms with Crippen molar-refractivity contribution in [3.8, 4) is 23.2 Å². The van der Waals surface area contributed by atoms with Gasteiger partial charge in [-0.1, -0.05) is 0 Å². The zero-order valence-electron chi connectivity index (χ0n) is 25.5. The van der Waals surface area contributed by atoms with Crippen LogP contribution in [-0.4, -0.2) is 108 Å². The molecule has 0 saturated carbocycles. The number of aryl methyl sites for hydroxylation is 1. The third-order valence-corrected chi connectivity index (χ3v) is 8.70. The maximum atomic E-state index is 14.9. The highest BCUT2D eigenvalue weighted by molar-refractivity contribution is 5.80. The van der Waals surface area contributed by atoms with Gasteiger partial charge in [-0.3, -0.25) is 9.69 Å². The van der Waals surface area contributed by atoms with E-state index in [-0.39, 0.29) is 30.8 Å². The Balaban J connectivity index is 1.09. The number of nitrogens with zero attached hydrogens (tertiary/aromatic N) is 6. The number of piperidine rings is 1. The lowest BCUT2D eigenvalue weighted by Gasteiger charge is -2.43. The van der Waals surface area contributed by atoms with Crippen LogP contribution in [-0.2, 0) is 9.53 Å². The van der Waals surface area contributed by atoms with E-state index >= 15 is 0 Å². The van der Waals surface area contributed by atoms with Gasteiger partial charge in [-0.15, -0.1) is 0 Å². The Morgan fingerprint density at radius 2 is 1.96 bits per heavy atom. The minimum Gasteiger partial charge on any atom is -0.486 e. The molecule has 3 saturated heterocycles. The first-order valence-electron chi connectivity index (χ1n) is 15.4. The molecular weight excluding hydrogens is 577 g/mol. The van der Waals surface area contributed by atoms with E-state index < -0.39 is 24.3 Å². The number of carbonyl (C=O) groups excluding carboxylic acids is 1. The number of rotatable bonds is 8. The Morgan fingerprint density at radius 1 is 1.16 bits per heavy atom. The lowest BCUT2D eigenvalue weighted by atomic mass is 10.0. The Kier molecular flexibility index (Phi) is 9.11. The lowest BCUT2D eigenvalue weighted by Crippen LogP contribution is -2.56. The molecule has 12 heteroatoms. The summed E-state index contributed by atoms with van der Waals surface area (Å²) in [5.74, 6) is 0.791. The van der Waals surface area contributed by atoms with Gasteiger partial charge in [0, 0.05) is 62.3 Å². The van der Waals surface area contributed by atoms with Crippen LogP contribution in [0.5, 0.6) is 5.75 Å². The molecule has 1 amide bonds. The van der Waals surface area contributed by atoms with Gasteiger partial charge in [0.25, 0.3) is 5.91 Å². The Morgan fingerprint density at radius 3 is 2.62 bits per heavy atom. The van der Waals surface area contributed by atoms with E-state index in [2.05, 4.69) is 56.3 Å². The first-order valence-corrected chi connectivity index (χ1v) is 15.4. The van der Waals surface area contributed by atoms with Crippen LogP contribution in [0.25, 0.3) is 11.4 Å². The van der Waals surface area contributed by atoms with Crippen LogP contribution in [0.3, 0.4) is 0 Å². The van der Waals surface area contributed by atoms with Crippen LogP contribution < -0.4 is 15.0 Å². The fourth-order valence-corrected chi connectivity index (χ4v) is 6.07. The van der Waals surface area contributed by atoms with Crippen molar-refractivity contribution in [1.29, 1.82) is 5.26 Å². The number of hydrogen-bond acceptors (Lipinski definition) is 10. The highest BCUT2D eigenvalue weighted by atomic mass is 19.1. The molecule has 3 aromatic rings. The number of halogens is 1. The van der Waals surface area contributed by atoms with E-state index in [0.717, 1.165) is 45.1 Å². The minimum absolute atomic E-state index is 0.169. The molecule has 3 aliphatic heterocycles. The summed E-state index contributed by atoms with van der Waals surface area (Å²) < 4.78 is 26.1. The van der Waals surface area contributed by atoms with Gasteiger partial charge < -0.3 is 29.7 Å². The van der Waals surface area contributed by atoms with E-state index in [1.165, 1.54) is 23.1 Å². The van der Waals surface area contributed by atoms with Gasteiger partial charge in [0.2, 0.25) is 0 Å². The Hall–Kier alpha value is -4.31. The molecule has 4 heterocycles. The average molecular weight is 616 g/mol. The van der Waals surface area contributed by atoms with Gasteiger partial charge in [-0.05, 0) is 61.9 Å². The molecule has 11 nitrogen and oxygen atoms in total. The Bertz CT molecular complexity index is 1570. The van der Waals surface area contributed by atoms with Crippen molar-refractivity contribution in [2.75, 3.05) is 62.7 Å². The van der Waals surface area contributed by atoms with Crippen molar-refractivity contribution >= 4 is 23.1 Å². The van der Waals surface area contributed by atoms with E-state index in [4.69, 9.17) is 9.47 Å². The first kappa shape index (κ1) is 30.7. The van der Waals surface area contributed by atoms with E-state index in [1.54, 1.807) is 30.5 Å². The number of alkyl halides is 1. The highest BCUT2D eigenvalue weighted by Crippen LogP contribution is 2.30. The van der Waals surface area contributed by atoms with Crippen molar-refractivity contribution in [3.05, 3.63) is 59.8 Å². The minimum atomic E-state index is -1.45. The Labute approximate surface area is 262 Å². The molecule has 1 aromatic heterocycles. The predicted molar refractivity (Wildman–Crippen MR) is 167 cm³/mol. The second-order valence-corrected chi connectivity index (χ2v) is 11.8. The van der Waals surface area contributed by atoms with Crippen molar-refractivity contribution in [3.63, 3.8) is 0 Å². The SMILES string of the molecule is Cc1cc(Nc2ccnc(-c3ccc(O[C@H]4CCN(C(=O)[C@H](C)O)C[C@H]4F)c(C#N)c3)n2)ccc1N1CCN(C2COC2)CC1. The summed E-state index contributed by atoms with van der Waals surface area (Å²) in [4.78, 5) is 27.4. The van der Waals surface area contributed by atoms with Crippen LogP contribution >= 0.6 is 0 Å². The second kappa shape index (κ2) is 13.4. The molecule has 2 N–H and O–H groups in total. The fraction of sp³-hybridized carbons (Fsp3) is 0.455. The number of aliphatic hydroxyl groups is 1. The number of benzene rings is 2. The maximum Gasteiger partial charge on any atom is 0.251 e. The maximum absolute atomic E-state index is 14.9. The van der Waals surface area contributed by atoms with Gasteiger partial charge in [-0.2, -0.15) is 5.26 Å². The standard InChI is InChI=1S/C33H38FN7O4/c1-21-15-25(4-5-28(21)40-13-11-39(12-14-40)26-19-44-20-26)37-31-7-9-36-32(38-31)23-3-6-29(24(16-23)17-35)45-30-8-10-41(18-27(30)34)33(43)22(2)42/h3-7,9,15-16,22,26-27,30,42H,8,10-14,18-20H2,1-2H3,(H,36,37,38)/t22-,27+,30-/m0/s1. The summed E-state index contributed by atoms with van der Waals surface area (Å²) >= 11 is 0. The molecule has 2 aromatic carbocycles. The number of amides is 1. The molecule has 0 aliphatic carbocycles. The molecule has 3 aliphatic rings. The number of aromatic nitrogens is 2. The zero-order valence-corrected chi connectivity index (χ0v) is 25.5. The largest absolute Gasteiger partial charge is 0.486 e. The second-order valence-electron chi connectivity index (χ2n) is 11.8. The predicted octanol–water partition coefficient (Wildman–Crippen LogP) is 3.29. The summed E-state index contributed by atoms with van der Waals surface area (Å²) in [6.07, 6.45) is -1.54. The topological polar surface area (TPSA) is 127 Å². The fourth-order valence-electron chi connectivity index (χ4n) is 6.07. The molecule has 3 atom stereocenters. The van der Waals surface area contributed by atoms with Crippen LogP contribution in [0, 0.1) is 18.3 Å².